The zero-order valence-electron chi connectivity index (χ0n) is 16.0. The van der Waals surface area contributed by atoms with Crippen LogP contribution in [-0.2, 0) is 9.59 Å². The van der Waals surface area contributed by atoms with Gasteiger partial charge in [-0.1, -0.05) is 50.3 Å². The summed E-state index contributed by atoms with van der Waals surface area (Å²) in [7, 11) is 0. The molecular weight excluding hydrogens is 354 g/mol. The molecule has 4 rings (SSSR count). The van der Waals surface area contributed by atoms with Gasteiger partial charge in [0.2, 0.25) is 0 Å². The van der Waals surface area contributed by atoms with Crippen LogP contribution in [0.15, 0.2) is 48.3 Å². The van der Waals surface area contributed by atoms with Gasteiger partial charge in [-0.25, -0.2) is 14.8 Å². The van der Waals surface area contributed by atoms with Crippen molar-refractivity contribution in [3.05, 3.63) is 53.5 Å². The number of rotatable bonds is 5. The maximum absolute atomic E-state index is 13.2. The number of hydrogen-bond acceptors (Lipinski definition) is 4. The fraction of sp³-hybridized carbons (Fsp3) is 0.500. The van der Waals surface area contributed by atoms with Gasteiger partial charge in [-0.05, 0) is 24.0 Å². The van der Waals surface area contributed by atoms with E-state index in [-0.39, 0.29) is 29.5 Å². The van der Waals surface area contributed by atoms with E-state index in [1.165, 1.54) is 25.5 Å². The quantitative estimate of drug-likeness (QED) is 0.628. The number of nitrogens with one attached hydrogen (secondary N) is 1. The molecular formula is C22H27N3O3. The monoisotopic (exact) mass is 381 g/mol. The Labute approximate surface area is 165 Å². The molecule has 148 valence electrons. The maximum Gasteiger partial charge on any atom is 0.330 e. The Morgan fingerprint density at radius 3 is 2.86 bits per heavy atom. The van der Waals surface area contributed by atoms with Crippen LogP contribution < -0.4 is 10.0 Å². The molecule has 28 heavy (non-hydrogen) atoms. The molecule has 0 radical (unpaired) electrons. The Hall–Kier alpha value is -2.63. The number of amides is 1. The highest BCUT2D eigenvalue weighted by molar-refractivity contribution is 5.94. The molecule has 6 nitrogen and oxygen atoms in total. The average Bonchev–Trinajstić information content (AvgIpc) is 3.14. The summed E-state index contributed by atoms with van der Waals surface area (Å²) < 4.78 is 0.671. The van der Waals surface area contributed by atoms with E-state index in [1.54, 1.807) is 18.2 Å². The number of carbonyl (C=O) groups is 2. The Kier molecular flexibility index (Phi) is 5.46. The van der Waals surface area contributed by atoms with Gasteiger partial charge >= 0.3 is 5.91 Å². The molecule has 0 bridgehead atoms. The number of anilines is 1. The molecule has 0 saturated heterocycles. The number of Topliss-reactive ketones (excluding diaryl/α,β-unsaturated/α-hetero) is 1. The topological polar surface area (TPSA) is 76.4 Å². The SMILES string of the molecule is O=C1CC=CC2=CN([C@@H](CC3CCCCC3)C(=O)Nc3cccc[n+]3[O-])CC12. The van der Waals surface area contributed by atoms with E-state index in [1.807, 2.05) is 23.3 Å². The highest BCUT2D eigenvalue weighted by Crippen LogP contribution is 2.34. The molecule has 1 amide bonds. The van der Waals surface area contributed by atoms with Crippen molar-refractivity contribution >= 4 is 17.5 Å². The molecule has 1 aromatic heterocycles. The van der Waals surface area contributed by atoms with Crippen molar-refractivity contribution in [3.8, 4) is 0 Å². The molecule has 1 fully saturated rings. The van der Waals surface area contributed by atoms with Gasteiger partial charge in [0.25, 0.3) is 5.82 Å². The molecule has 2 atom stereocenters. The molecule has 1 aromatic rings. The van der Waals surface area contributed by atoms with Gasteiger partial charge in [0.1, 0.15) is 11.8 Å². The lowest BCUT2D eigenvalue weighted by Gasteiger charge is -2.31. The standard InChI is InChI=1S/C22H27N3O3/c26-20-10-6-9-17-14-24(15-18(17)20)19(13-16-7-2-1-3-8-16)22(27)23-21-11-4-5-12-25(21)28/h4-6,9,11-12,14,16,18-19H,1-3,7-8,10,13,15H2,(H,23,27)/t18?,19-/m0/s1. The Bertz CT molecular complexity index is 811. The van der Waals surface area contributed by atoms with Crippen molar-refractivity contribution in [1.29, 1.82) is 0 Å². The van der Waals surface area contributed by atoms with Crippen molar-refractivity contribution in [2.45, 2.75) is 51.0 Å². The van der Waals surface area contributed by atoms with Crippen LogP contribution in [0.25, 0.3) is 0 Å². The first-order valence-corrected chi connectivity index (χ1v) is 10.3. The second kappa shape index (κ2) is 8.17. The van der Waals surface area contributed by atoms with E-state index in [0.29, 0.717) is 23.6 Å². The lowest BCUT2D eigenvalue weighted by molar-refractivity contribution is -0.590. The van der Waals surface area contributed by atoms with Crippen LogP contribution in [0, 0.1) is 17.0 Å². The lowest BCUT2D eigenvalue weighted by atomic mass is 9.84. The molecule has 0 spiro atoms. The fourth-order valence-corrected chi connectivity index (χ4v) is 4.63. The largest absolute Gasteiger partial charge is 0.711 e. The highest BCUT2D eigenvalue weighted by atomic mass is 16.5. The number of carbonyl (C=O) groups excluding carboxylic acids is 2. The van der Waals surface area contributed by atoms with Gasteiger partial charge in [-0.2, -0.15) is 0 Å². The minimum atomic E-state index is -0.373. The van der Waals surface area contributed by atoms with E-state index >= 15 is 0 Å². The number of fused-ring (bicyclic) bond motifs is 1. The van der Waals surface area contributed by atoms with Gasteiger partial charge in [0.15, 0.2) is 0 Å². The van der Waals surface area contributed by atoms with Crippen LogP contribution >= 0.6 is 0 Å². The van der Waals surface area contributed by atoms with E-state index in [4.69, 9.17) is 0 Å². The summed E-state index contributed by atoms with van der Waals surface area (Å²) in [5.74, 6) is 0.656. The molecule has 1 unspecified atom stereocenters. The second-order valence-corrected chi connectivity index (χ2v) is 8.11. The predicted molar refractivity (Wildman–Crippen MR) is 106 cm³/mol. The summed E-state index contributed by atoms with van der Waals surface area (Å²) >= 11 is 0. The third kappa shape index (κ3) is 3.96. The van der Waals surface area contributed by atoms with Crippen molar-refractivity contribution in [2.75, 3.05) is 11.9 Å². The summed E-state index contributed by atoms with van der Waals surface area (Å²) in [4.78, 5) is 27.5. The van der Waals surface area contributed by atoms with Crippen LogP contribution in [0.3, 0.4) is 0 Å². The number of pyridine rings is 1. The summed E-state index contributed by atoms with van der Waals surface area (Å²) in [6.45, 7) is 0.551. The molecule has 2 aliphatic carbocycles. The van der Waals surface area contributed by atoms with Gasteiger partial charge in [-0.15, -0.1) is 0 Å². The normalized spacial score (nSPS) is 23.3. The van der Waals surface area contributed by atoms with Gasteiger partial charge in [-0.3, -0.25) is 4.79 Å². The molecule has 1 saturated carbocycles. The van der Waals surface area contributed by atoms with E-state index in [2.05, 4.69) is 5.32 Å². The fourth-order valence-electron chi connectivity index (χ4n) is 4.63. The Morgan fingerprint density at radius 2 is 2.11 bits per heavy atom. The smallest absolute Gasteiger partial charge is 0.330 e. The van der Waals surface area contributed by atoms with Crippen LogP contribution in [0.2, 0.25) is 0 Å². The molecule has 1 aliphatic heterocycles. The van der Waals surface area contributed by atoms with Crippen LogP contribution in [0.4, 0.5) is 5.82 Å². The van der Waals surface area contributed by atoms with Crippen molar-refractivity contribution in [2.24, 2.45) is 11.8 Å². The summed E-state index contributed by atoms with van der Waals surface area (Å²) in [6.07, 6.45) is 14.4. The zero-order chi connectivity index (χ0) is 19.5. The highest BCUT2D eigenvalue weighted by Gasteiger charge is 2.38. The van der Waals surface area contributed by atoms with Crippen molar-refractivity contribution in [1.82, 2.24) is 4.90 Å². The average molecular weight is 381 g/mol. The van der Waals surface area contributed by atoms with Gasteiger partial charge < -0.3 is 10.1 Å². The number of hydrogen-bond donors (Lipinski definition) is 1. The third-order valence-corrected chi connectivity index (χ3v) is 6.19. The Morgan fingerprint density at radius 1 is 1.29 bits per heavy atom. The number of nitrogens with zero attached hydrogens (tertiary/aromatic N) is 2. The maximum atomic E-state index is 13.2. The number of aromatic nitrogens is 1. The van der Waals surface area contributed by atoms with Gasteiger partial charge in [0.05, 0.1) is 12.1 Å². The minimum absolute atomic E-state index is 0.132. The molecule has 6 heteroatoms. The predicted octanol–water partition coefficient (Wildman–Crippen LogP) is 2.94. The van der Waals surface area contributed by atoms with E-state index in [0.717, 1.165) is 24.8 Å². The summed E-state index contributed by atoms with van der Waals surface area (Å²) in [5.41, 5.74) is 0.997. The summed E-state index contributed by atoms with van der Waals surface area (Å²) in [5, 5.41) is 14.8. The Balaban J connectivity index is 1.54. The summed E-state index contributed by atoms with van der Waals surface area (Å²) in [6, 6.07) is 4.60. The minimum Gasteiger partial charge on any atom is -0.711 e. The molecule has 2 heterocycles. The lowest BCUT2D eigenvalue weighted by Crippen LogP contribution is -2.45. The van der Waals surface area contributed by atoms with Crippen LogP contribution in [-0.4, -0.2) is 29.2 Å². The van der Waals surface area contributed by atoms with Crippen molar-refractivity contribution in [3.63, 3.8) is 0 Å². The molecule has 0 aromatic carbocycles. The third-order valence-electron chi connectivity index (χ3n) is 6.19. The zero-order valence-corrected chi connectivity index (χ0v) is 16.0. The van der Waals surface area contributed by atoms with E-state index < -0.39 is 0 Å². The molecule has 3 aliphatic rings. The van der Waals surface area contributed by atoms with Gasteiger partial charge in [0, 0.05) is 25.2 Å². The number of ketones is 1. The molecule has 1 N–H and O–H groups in total. The first kappa shape index (κ1) is 18.7. The first-order valence-electron chi connectivity index (χ1n) is 10.3. The second-order valence-electron chi connectivity index (χ2n) is 8.11. The van der Waals surface area contributed by atoms with Crippen LogP contribution in [0.5, 0.6) is 0 Å². The number of allylic oxidation sites excluding steroid dienone is 2. The van der Waals surface area contributed by atoms with Crippen molar-refractivity contribution < 1.29 is 14.3 Å². The first-order chi connectivity index (χ1) is 13.6. The van der Waals surface area contributed by atoms with Crippen LogP contribution in [0.1, 0.15) is 44.9 Å². The van der Waals surface area contributed by atoms with E-state index in [9.17, 15) is 14.8 Å².